The van der Waals surface area contributed by atoms with E-state index in [1.165, 1.54) is 0 Å². The summed E-state index contributed by atoms with van der Waals surface area (Å²) in [5.74, 6) is -0.236. The Kier molecular flexibility index (Phi) is 5.81. The number of para-hydroxylation sites is 1. The lowest BCUT2D eigenvalue weighted by Gasteiger charge is -2.18. The van der Waals surface area contributed by atoms with E-state index in [0.717, 1.165) is 33.9 Å². The molecule has 0 aliphatic carbocycles. The maximum absolute atomic E-state index is 12.6. The molecule has 30 heavy (non-hydrogen) atoms. The van der Waals surface area contributed by atoms with Gasteiger partial charge in [0, 0.05) is 23.2 Å². The molecule has 0 N–H and O–H groups in total. The molecule has 6 nitrogen and oxygen atoms in total. The monoisotopic (exact) mass is 422 g/mol. The van der Waals surface area contributed by atoms with Crippen molar-refractivity contribution in [3.05, 3.63) is 64.5 Å². The second-order valence-corrected chi connectivity index (χ2v) is 8.13. The Morgan fingerprint density at radius 2 is 2.00 bits per heavy atom. The third-order valence-corrected chi connectivity index (χ3v) is 5.69. The Morgan fingerprint density at radius 1 is 1.20 bits per heavy atom. The topological polar surface area (TPSA) is 68.7 Å². The molecule has 7 heteroatoms. The molecular weight excluding hydrogens is 400 g/mol. The standard InChI is InChI=1S/C23H22N2O4S/c1-15(29-19-6-4-3-5-7-19)23(27)28-13-22(26)25-11-10-18-12-17(8-9-21(18)25)20-14-30-16(2)24-20/h3-9,12,14-15H,10-11,13H2,1-2H3. The second-order valence-electron chi connectivity index (χ2n) is 7.07. The Morgan fingerprint density at radius 3 is 2.73 bits per heavy atom. The molecule has 2 aromatic carbocycles. The van der Waals surface area contributed by atoms with Crippen molar-refractivity contribution in [3.8, 4) is 17.0 Å². The second kappa shape index (κ2) is 8.67. The molecule has 0 radical (unpaired) electrons. The smallest absolute Gasteiger partial charge is 0.347 e. The van der Waals surface area contributed by atoms with Crippen LogP contribution in [0.2, 0.25) is 0 Å². The van der Waals surface area contributed by atoms with Gasteiger partial charge in [-0.1, -0.05) is 24.3 Å². The van der Waals surface area contributed by atoms with Crippen molar-refractivity contribution in [2.75, 3.05) is 18.1 Å². The number of benzene rings is 2. The van der Waals surface area contributed by atoms with Gasteiger partial charge in [0.2, 0.25) is 0 Å². The molecule has 0 saturated heterocycles. The van der Waals surface area contributed by atoms with Crippen LogP contribution in [0.1, 0.15) is 17.5 Å². The van der Waals surface area contributed by atoms with Crippen LogP contribution in [0.5, 0.6) is 5.75 Å². The Balaban J connectivity index is 1.35. The lowest BCUT2D eigenvalue weighted by Crippen LogP contribution is -2.35. The van der Waals surface area contributed by atoms with E-state index in [4.69, 9.17) is 9.47 Å². The van der Waals surface area contributed by atoms with E-state index < -0.39 is 12.1 Å². The van der Waals surface area contributed by atoms with E-state index in [-0.39, 0.29) is 12.5 Å². The number of anilines is 1. The number of hydrogen-bond acceptors (Lipinski definition) is 6. The van der Waals surface area contributed by atoms with Crippen LogP contribution in [0.3, 0.4) is 0 Å². The average molecular weight is 423 g/mol. The van der Waals surface area contributed by atoms with E-state index in [1.807, 2.05) is 42.6 Å². The summed E-state index contributed by atoms with van der Waals surface area (Å²) in [6, 6.07) is 15.0. The molecule has 1 aliphatic rings. The number of hydrogen-bond donors (Lipinski definition) is 0. The first-order valence-electron chi connectivity index (χ1n) is 9.75. The third kappa shape index (κ3) is 4.36. The van der Waals surface area contributed by atoms with Crippen molar-refractivity contribution in [3.63, 3.8) is 0 Å². The molecule has 2 heterocycles. The lowest BCUT2D eigenvalue weighted by molar-refractivity contribution is -0.154. The number of aryl methyl sites for hydroxylation is 1. The molecule has 1 aliphatic heterocycles. The van der Waals surface area contributed by atoms with Gasteiger partial charge >= 0.3 is 5.97 Å². The average Bonchev–Trinajstić information content (AvgIpc) is 3.38. The summed E-state index contributed by atoms with van der Waals surface area (Å²) in [5, 5.41) is 3.06. The molecule has 4 rings (SSSR count). The van der Waals surface area contributed by atoms with Crippen LogP contribution in [0.15, 0.2) is 53.9 Å². The van der Waals surface area contributed by atoms with Crippen molar-refractivity contribution in [1.82, 2.24) is 4.98 Å². The summed E-state index contributed by atoms with van der Waals surface area (Å²) >= 11 is 1.62. The van der Waals surface area contributed by atoms with E-state index in [2.05, 4.69) is 11.1 Å². The van der Waals surface area contributed by atoms with E-state index in [1.54, 1.807) is 35.3 Å². The number of nitrogens with zero attached hydrogens (tertiary/aromatic N) is 2. The molecule has 0 spiro atoms. The number of thiazole rings is 1. The quantitative estimate of drug-likeness (QED) is 0.561. The number of rotatable bonds is 6. The van der Waals surface area contributed by atoms with Crippen LogP contribution >= 0.6 is 11.3 Å². The van der Waals surface area contributed by atoms with E-state index in [0.29, 0.717) is 12.3 Å². The fraction of sp³-hybridized carbons (Fsp3) is 0.261. The van der Waals surface area contributed by atoms with Crippen molar-refractivity contribution in [2.24, 2.45) is 0 Å². The van der Waals surface area contributed by atoms with Crippen LogP contribution in [-0.2, 0) is 20.7 Å². The SMILES string of the molecule is Cc1nc(-c2ccc3c(c2)CCN3C(=O)COC(=O)C(C)Oc2ccccc2)cs1. The minimum atomic E-state index is -0.796. The van der Waals surface area contributed by atoms with Gasteiger partial charge < -0.3 is 14.4 Å². The molecule has 1 unspecified atom stereocenters. The first-order valence-corrected chi connectivity index (χ1v) is 10.6. The third-order valence-electron chi connectivity index (χ3n) is 4.92. The molecule has 0 bridgehead atoms. The normalized spacial score (nSPS) is 13.6. The molecule has 154 valence electrons. The lowest BCUT2D eigenvalue weighted by atomic mass is 10.1. The number of aromatic nitrogens is 1. The maximum Gasteiger partial charge on any atom is 0.347 e. The summed E-state index contributed by atoms with van der Waals surface area (Å²) in [4.78, 5) is 31.0. The Labute approximate surface area is 179 Å². The van der Waals surface area contributed by atoms with Crippen LogP contribution in [0.4, 0.5) is 5.69 Å². The van der Waals surface area contributed by atoms with Crippen molar-refractivity contribution < 1.29 is 19.1 Å². The van der Waals surface area contributed by atoms with Crippen LogP contribution < -0.4 is 9.64 Å². The van der Waals surface area contributed by atoms with E-state index in [9.17, 15) is 9.59 Å². The molecule has 3 aromatic rings. The number of fused-ring (bicyclic) bond motifs is 1. The molecule has 1 atom stereocenters. The number of esters is 1. The zero-order valence-electron chi connectivity index (χ0n) is 16.8. The predicted octanol–water partition coefficient (Wildman–Crippen LogP) is 4.02. The van der Waals surface area contributed by atoms with Gasteiger partial charge in [0.25, 0.3) is 5.91 Å². The first-order chi connectivity index (χ1) is 14.5. The van der Waals surface area contributed by atoms with Crippen molar-refractivity contribution in [2.45, 2.75) is 26.4 Å². The number of amides is 1. The van der Waals surface area contributed by atoms with Crippen LogP contribution in [-0.4, -0.2) is 36.1 Å². The molecule has 0 fully saturated rings. The molecule has 1 aromatic heterocycles. The predicted molar refractivity (Wildman–Crippen MR) is 116 cm³/mol. The Hall–Kier alpha value is -3.19. The van der Waals surface area contributed by atoms with Crippen LogP contribution in [0.25, 0.3) is 11.3 Å². The highest BCUT2D eigenvalue weighted by Crippen LogP contribution is 2.32. The van der Waals surface area contributed by atoms with Gasteiger partial charge in [-0.15, -0.1) is 11.3 Å². The summed E-state index contributed by atoms with van der Waals surface area (Å²) in [5.41, 5.74) is 3.95. The first kappa shape index (κ1) is 20.1. The summed E-state index contributed by atoms with van der Waals surface area (Å²) < 4.78 is 10.7. The fourth-order valence-corrected chi connectivity index (χ4v) is 4.02. The summed E-state index contributed by atoms with van der Waals surface area (Å²) in [6.45, 7) is 3.84. The van der Waals surface area contributed by atoms with Gasteiger partial charge in [-0.3, -0.25) is 4.79 Å². The maximum atomic E-state index is 12.6. The van der Waals surface area contributed by atoms with Gasteiger partial charge in [0.15, 0.2) is 12.7 Å². The highest BCUT2D eigenvalue weighted by molar-refractivity contribution is 7.09. The fourth-order valence-electron chi connectivity index (χ4n) is 3.40. The number of ether oxygens (including phenoxy) is 2. The highest BCUT2D eigenvalue weighted by Gasteiger charge is 2.27. The molecular formula is C23H22N2O4S. The largest absolute Gasteiger partial charge is 0.479 e. The zero-order valence-corrected chi connectivity index (χ0v) is 17.6. The van der Waals surface area contributed by atoms with E-state index >= 15 is 0 Å². The van der Waals surface area contributed by atoms with Gasteiger partial charge in [0.05, 0.1) is 10.7 Å². The minimum absolute atomic E-state index is 0.244. The van der Waals surface area contributed by atoms with Gasteiger partial charge in [-0.05, 0) is 50.1 Å². The molecule has 0 saturated carbocycles. The number of carbonyl (C=O) groups is 2. The highest BCUT2D eigenvalue weighted by atomic mass is 32.1. The summed E-state index contributed by atoms with van der Waals surface area (Å²) in [6.07, 6.45) is -0.0327. The molecule has 1 amide bonds. The van der Waals surface area contributed by atoms with Crippen LogP contribution in [0, 0.1) is 6.92 Å². The summed E-state index contributed by atoms with van der Waals surface area (Å²) in [7, 11) is 0. The van der Waals surface area contributed by atoms with Gasteiger partial charge in [-0.25, -0.2) is 9.78 Å². The van der Waals surface area contributed by atoms with Crippen molar-refractivity contribution >= 4 is 28.9 Å². The minimum Gasteiger partial charge on any atom is -0.479 e. The van der Waals surface area contributed by atoms with Gasteiger partial charge in [-0.2, -0.15) is 0 Å². The number of carbonyl (C=O) groups excluding carboxylic acids is 2. The Bertz CT molecular complexity index is 1060. The zero-order chi connectivity index (χ0) is 21.1. The van der Waals surface area contributed by atoms with Gasteiger partial charge in [0.1, 0.15) is 5.75 Å². The van der Waals surface area contributed by atoms with Crippen molar-refractivity contribution in [1.29, 1.82) is 0 Å².